The molecule has 1 aromatic rings. The Morgan fingerprint density at radius 2 is 2.13 bits per heavy atom. The summed E-state index contributed by atoms with van der Waals surface area (Å²) in [6, 6.07) is 10.6. The molecule has 0 spiro atoms. The maximum Gasteiger partial charge on any atom is 0.221 e. The van der Waals surface area contributed by atoms with Gasteiger partial charge >= 0.3 is 0 Å². The van der Waals surface area contributed by atoms with Gasteiger partial charge in [0.15, 0.2) is 0 Å². The average Bonchev–Trinajstić information content (AvgIpc) is 2.99. The fourth-order valence-electron chi connectivity index (χ4n) is 1.79. The molecule has 0 unspecified atom stereocenters. The Morgan fingerprint density at radius 1 is 1.40 bits per heavy atom. The molecular formula is C12H14ClNO. The van der Waals surface area contributed by atoms with Gasteiger partial charge in [0.05, 0.1) is 0 Å². The van der Waals surface area contributed by atoms with Crippen LogP contribution in [0.1, 0.15) is 24.3 Å². The van der Waals surface area contributed by atoms with Gasteiger partial charge in [-0.3, -0.25) is 4.79 Å². The van der Waals surface area contributed by atoms with Gasteiger partial charge in [0.2, 0.25) is 5.91 Å². The summed E-state index contributed by atoms with van der Waals surface area (Å²) in [5.74, 6) is 0.966. The van der Waals surface area contributed by atoms with Crippen molar-refractivity contribution in [2.24, 2.45) is 0 Å². The molecule has 1 aromatic carbocycles. The van der Waals surface area contributed by atoms with E-state index in [1.54, 1.807) is 0 Å². The van der Waals surface area contributed by atoms with Crippen molar-refractivity contribution in [3.8, 4) is 0 Å². The van der Waals surface area contributed by atoms with E-state index >= 15 is 0 Å². The number of rotatable bonds is 4. The third kappa shape index (κ3) is 2.72. The lowest BCUT2D eigenvalue weighted by Gasteiger charge is -2.03. The predicted octanol–water partition coefficient (Wildman–Crippen LogP) is 2.29. The molecule has 2 atom stereocenters. The van der Waals surface area contributed by atoms with Gasteiger partial charge in [-0.25, -0.2) is 0 Å². The highest BCUT2D eigenvalue weighted by Gasteiger charge is 2.38. The Bertz CT molecular complexity index is 339. The van der Waals surface area contributed by atoms with E-state index in [1.165, 1.54) is 5.56 Å². The molecule has 80 valence electrons. The van der Waals surface area contributed by atoms with Crippen molar-refractivity contribution in [3.63, 3.8) is 0 Å². The lowest BCUT2D eigenvalue weighted by atomic mass is 10.1. The minimum atomic E-state index is 0.0634. The van der Waals surface area contributed by atoms with Crippen molar-refractivity contribution in [1.82, 2.24) is 5.32 Å². The Morgan fingerprint density at radius 3 is 2.80 bits per heavy atom. The average molecular weight is 224 g/mol. The first-order valence-electron chi connectivity index (χ1n) is 5.21. The largest absolute Gasteiger partial charge is 0.353 e. The molecule has 0 aromatic heterocycles. The molecule has 0 saturated heterocycles. The molecule has 1 aliphatic rings. The molecule has 0 heterocycles. The van der Waals surface area contributed by atoms with Crippen LogP contribution in [0.5, 0.6) is 0 Å². The van der Waals surface area contributed by atoms with Crippen molar-refractivity contribution in [3.05, 3.63) is 35.9 Å². The SMILES string of the molecule is O=C(CCCl)N[C@H]1C[C@H]1c1ccccc1. The number of carbonyl (C=O) groups is 1. The fraction of sp³-hybridized carbons (Fsp3) is 0.417. The summed E-state index contributed by atoms with van der Waals surface area (Å²) in [7, 11) is 0. The summed E-state index contributed by atoms with van der Waals surface area (Å²) in [6.07, 6.45) is 1.47. The van der Waals surface area contributed by atoms with Crippen LogP contribution in [0.2, 0.25) is 0 Å². The number of nitrogens with one attached hydrogen (secondary N) is 1. The maximum absolute atomic E-state index is 11.3. The van der Waals surface area contributed by atoms with Crippen molar-refractivity contribution < 1.29 is 4.79 Å². The molecule has 2 rings (SSSR count). The molecule has 1 saturated carbocycles. The van der Waals surface area contributed by atoms with E-state index in [9.17, 15) is 4.79 Å². The van der Waals surface area contributed by atoms with Crippen LogP contribution in [0.4, 0.5) is 0 Å². The second-order valence-electron chi connectivity index (χ2n) is 3.87. The molecule has 0 bridgehead atoms. The van der Waals surface area contributed by atoms with Gasteiger partial charge in [-0.2, -0.15) is 0 Å². The number of amides is 1. The molecule has 3 heteroatoms. The normalized spacial score (nSPS) is 23.5. The van der Waals surface area contributed by atoms with Gasteiger partial charge in [-0.1, -0.05) is 30.3 Å². The number of benzene rings is 1. The molecule has 1 N–H and O–H groups in total. The summed E-state index contributed by atoms with van der Waals surface area (Å²) >= 11 is 5.49. The van der Waals surface area contributed by atoms with E-state index in [0.29, 0.717) is 24.3 Å². The second-order valence-corrected chi connectivity index (χ2v) is 4.24. The summed E-state index contributed by atoms with van der Waals surface area (Å²) in [4.78, 5) is 11.3. The molecule has 2 nitrogen and oxygen atoms in total. The Kier molecular flexibility index (Phi) is 3.27. The van der Waals surface area contributed by atoms with Gasteiger partial charge in [0.1, 0.15) is 0 Å². The summed E-state index contributed by atoms with van der Waals surface area (Å²) < 4.78 is 0. The summed E-state index contributed by atoms with van der Waals surface area (Å²) in [6.45, 7) is 0. The first kappa shape index (κ1) is 10.5. The van der Waals surface area contributed by atoms with Crippen molar-refractivity contribution >= 4 is 17.5 Å². The third-order valence-corrected chi connectivity index (χ3v) is 2.88. The minimum Gasteiger partial charge on any atom is -0.353 e. The zero-order valence-corrected chi connectivity index (χ0v) is 9.20. The smallest absolute Gasteiger partial charge is 0.221 e. The zero-order chi connectivity index (χ0) is 10.7. The lowest BCUT2D eigenvalue weighted by molar-refractivity contribution is -0.120. The van der Waals surface area contributed by atoms with E-state index < -0.39 is 0 Å². The highest BCUT2D eigenvalue weighted by Crippen LogP contribution is 2.40. The first-order valence-corrected chi connectivity index (χ1v) is 5.75. The quantitative estimate of drug-likeness (QED) is 0.780. The summed E-state index contributed by atoms with van der Waals surface area (Å²) in [5.41, 5.74) is 1.31. The van der Waals surface area contributed by atoms with E-state index in [1.807, 2.05) is 18.2 Å². The Labute approximate surface area is 94.6 Å². The van der Waals surface area contributed by atoms with Gasteiger partial charge in [0.25, 0.3) is 0 Å². The summed E-state index contributed by atoms with van der Waals surface area (Å²) in [5, 5.41) is 2.98. The van der Waals surface area contributed by atoms with E-state index in [-0.39, 0.29) is 5.91 Å². The topological polar surface area (TPSA) is 29.1 Å². The standard InChI is InChI=1S/C12H14ClNO/c13-7-6-12(15)14-11-8-10(11)9-4-2-1-3-5-9/h1-5,10-11H,6-8H2,(H,14,15)/t10-,11-/m0/s1. The number of hydrogen-bond donors (Lipinski definition) is 1. The second kappa shape index (κ2) is 4.67. The minimum absolute atomic E-state index is 0.0634. The van der Waals surface area contributed by atoms with Crippen molar-refractivity contribution in [2.75, 3.05) is 5.88 Å². The number of carbonyl (C=O) groups excluding carboxylic acids is 1. The number of alkyl halides is 1. The molecule has 0 radical (unpaired) electrons. The van der Waals surface area contributed by atoms with Crippen LogP contribution in [0.25, 0.3) is 0 Å². The van der Waals surface area contributed by atoms with Gasteiger partial charge in [-0.15, -0.1) is 11.6 Å². The Balaban J connectivity index is 1.84. The monoisotopic (exact) mass is 223 g/mol. The van der Waals surface area contributed by atoms with Crippen LogP contribution < -0.4 is 5.32 Å². The fourth-order valence-corrected chi connectivity index (χ4v) is 1.96. The van der Waals surface area contributed by atoms with Crippen molar-refractivity contribution in [1.29, 1.82) is 0 Å². The molecule has 15 heavy (non-hydrogen) atoms. The molecule has 1 aliphatic carbocycles. The van der Waals surface area contributed by atoms with E-state index in [0.717, 1.165) is 6.42 Å². The van der Waals surface area contributed by atoms with Crippen LogP contribution in [-0.4, -0.2) is 17.8 Å². The van der Waals surface area contributed by atoms with Crippen LogP contribution in [-0.2, 0) is 4.79 Å². The molecule has 0 aliphatic heterocycles. The first-order chi connectivity index (χ1) is 7.31. The lowest BCUT2D eigenvalue weighted by Crippen LogP contribution is -2.26. The predicted molar refractivity (Wildman–Crippen MR) is 61.1 cm³/mol. The number of hydrogen-bond acceptors (Lipinski definition) is 1. The molecule has 1 fully saturated rings. The number of halogens is 1. The zero-order valence-electron chi connectivity index (χ0n) is 8.45. The van der Waals surface area contributed by atoms with Crippen LogP contribution in [0.3, 0.4) is 0 Å². The van der Waals surface area contributed by atoms with Gasteiger partial charge in [0, 0.05) is 24.3 Å². The van der Waals surface area contributed by atoms with Crippen molar-refractivity contribution in [2.45, 2.75) is 24.8 Å². The van der Waals surface area contributed by atoms with Gasteiger partial charge in [-0.05, 0) is 12.0 Å². The molecular weight excluding hydrogens is 210 g/mol. The highest BCUT2D eigenvalue weighted by molar-refractivity contribution is 6.18. The maximum atomic E-state index is 11.3. The van der Waals surface area contributed by atoms with E-state index in [4.69, 9.17) is 11.6 Å². The van der Waals surface area contributed by atoms with Crippen LogP contribution in [0.15, 0.2) is 30.3 Å². The van der Waals surface area contributed by atoms with Gasteiger partial charge < -0.3 is 5.32 Å². The Hall–Kier alpha value is -1.02. The van der Waals surface area contributed by atoms with E-state index in [2.05, 4.69) is 17.4 Å². The highest BCUT2D eigenvalue weighted by atomic mass is 35.5. The van der Waals surface area contributed by atoms with Crippen LogP contribution >= 0.6 is 11.6 Å². The third-order valence-electron chi connectivity index (χ3n) is 2.69. The molecule has 1 amide bonds. The van der Waals surface area contributed by atoms with Crippen LogP contribution in [0, 0.1) is 0 Å².